The fraction of sp³-hybridized carbons (Fsp3) is 0.667. The number of fused-ring (bicyclic) bond motifs is 1. The topological polar surface area (TPSA) is 97.3 Å². The van der Waals surface area contributed by atoms with Crippen molar-refractivity contribution >= 4 is 53.7 Å². The van der Waals surface area contributed by atoms with Gasteiger partial charge in [0.25, 0.3) is 0 Å². The number of nitrogens with two attached hydrogens (primary N) is 1. The van der Waals surface area contributed by atoms with Gasteiger partial charge in [0.15, 0.2) is 19.8 Å². The Kier molecular flexibility index (Phi) is 6.54. The van der Waals surface area contributed by atoms with Crippen LogP contribution in [0.3, 0.4) is 0 Å². The summed E-state index contributed by atoms with van der Waals surface area (Å²) in [6, 6.07) is 0. The van der Waals surface area contributed by atoms with E-state index in [1.54, 1.807) is 6.33 Å². The SMILES string of the molecule is CSC(=S)O[C@@H]1C[C@H](n2cnc3c(N)ncnc32)O[C@@H]1CO[Si](C)(C)C(C)(C)C. The number of imidazole rings is 1. The molecule has 0 bridgehead atoms. The number of ether oxygens (including phenoxy) is 2. The van der Waals surface area contributed by atoms with Gasteiger partial charge in [0.05, 0.1) is 12.9 Å². The summed E-state index contributed by atoms with van der Waals surface area (Å²) in [6.07, 6.45) is 4.89. The number of aromatic nitrogens is 4. The summed E-state index contributed by atoms with van der Waals surface area (Å²) in [6.45, 7) is 11.6. The zero-order valence-electron chi connectivity index (χ0n) is 17.7. The Labute approximate surface area is 182 Å². The Bertz CT molecular complexity index is 886. The number of thioether (sulfide) groups is 1. The molecule has 0 aromatic carbocycles. The van der Waals surface area contributed by atoms with Gasteiger partial charge in [0, 0.05) is 6.42 Å². The van der Waals surface area contributed by atoms with Gasteiger partial charge < -0.3 is 19.6 Å². The third kappa shape index (κ3) is 4.74. The molecule has 3 rings (SSSR count). The molecule has 1 aliphatic rings. The van der Waals surface area contributed by atoms with E-state index in [1.807, 2.05) is 10.8 Å². The number of hydrogen-bond donors (Lipinski definition) is 1. The van der Waals surface area contributed by atoms with Gasteiger partial charge in [-0.3, -0.25) is 4.57 Å². The minimum absolute atomic E-state index is 0.116. The van der Waals surface area contributed by atoms with Crippen molar-refractivity contribution in [3.05, 3.63) is 12.7 Å². The third-order valence-corrected chi connectivity index (χ3v) is 11.2. The van der Waals surface area contributed by atoms with Gasteiger partial charge in [-0.2, -0.15) is 0 Å². The first-order chi connectivity index (χ1) is 13.5. The first kappa shape index (κ1) is 22.4. The van der Waals surface area contributed by atoms with Crippen molar-refractivity contribution < 1.29 is 13.9 Å². The second kappa shape index (κ2) is 8.46. The lowest BCUT2D eigenvalue weighted by Crippen LogP contribution is -2.44. The summed E-state index contributed by atoms with van der Waals surface area (Å²) >= 11 is 6.70. The molecule has 8 nitrogen and oxygen atoms in total. The highest BCUT2D eigenvalue weighted by Gasteiger charge is 2.43. The molecule has 11 heteroatoms. The normalized spacial score (nSPS) is 22.9. The number of nitrogen functional groups attached to an aromatic ring is 1. The van der Waals surface area contributed by atoms with Crippen molar-refractivity contribution in [2.75, 3.05) is 18.6 Å². The largest absolute Gasteiger partial charge is 0.472 e. The summed E-state index contributed by atoms with van der Waals surface area (Å²) in [7, 11) is -1.92. The van der Waals surface area contributed by atoms with E-state index >= 15 is 0 Å². The quantitative estimate of drug-likeness (QED) is 0.534. The minimum atomic E-state index is -1.92. The van der Waals surface area contributed by atoms with Crippen LogP contribution in [0.4, 0.5) is 5.82 Å². The molecule has 2 N–H and O–H groups in total. The van der Waals surface area contributed by atoms with Crippen LogP contribution in [-0.2, 0) is 13.9 Å². The highest BCUT2D eigenvalue weighted by Crippen LogP contribution is 2.39. The molecule has 160 valence electrons. The maximum absolute atomic E-state index is 6.41. The third-order valence-electron chi connectivity index (χ3n) is 5.71. The molecule has 2 aromatic heterocycles. The molecule has 0 radical (unpaired) electrons. The van der Waals surface area contributed by atoms with Crippen molar-refractivity contribution in [1.29, 1.82) is 0 Å². The van der Waals surface area contributed by atoms with Crippen LogP contribution in [0.1, 0.15) is 33.4 Å². The van der Waals surface area contributed by atoms with E-state index in [9.17, 15) is 0 Å². The van der Waals surface area contributed by atoms with Crippen LogP contribution in [-0.4, -0.2) is 57.3 Å². The number of anilines is 1. The van der Waals surface area contributed by atoms with Crippen LogP contribution in [0.2, 0.25) is 18.1 Å². The summed E-state index contributed by atoms with van der Waals surface area (Å²) in [4.78, 5) is 12.7. The highest BCUT2D eigenvalue weighted by atomic mass is 32.2. The molecule has 1 fully saturated rings. The van der Waals surface area contributed by atoms with Gasteiger partial charge in [0.2, 0.25) is 4.38 Å². The maximum Gasteiger partial charge on any atom is 0.220 e. The van der Waals surface area contributed by atoms with Crippen LogP contribution in [0.25, 0.3) is 11.2 Å². The molecule has 2 aromatic rings. The van der Waals surface area contributed by atoms with Gasteiger partial charge in [0.1, 0.15) is 30.3 Å². The Morgan fingerprint density at radius 1 is 1.38 bits per heavy atom. The van der Waals surface area contributed by atoms with Gasteiger partial charge in [-0.25, -0.2) is 15.0 Å². The van der Waals surface area contributed by atoms with Gasteiger partial charge >= 0.3 is 0 Å². The first-order valence-electron chi connectivity index (χ1n) is 9.50. The molecule has 0 unspecified atom stereocenters. The van der Waals surface area contributed by atoms with Crippen molar-refractivity contribution in [1.82, 2.24) is 19.5 Å². The van der Waals surface area contributed by atoms with E-state index < -0.39 is 8.32 Å². The standard InChI is InChI=1S/C18H29N5O3S2Si/c1-18(2,3)29(5,6)24-8-12-11(26-17(27)28-4)7-13(25-12)23-10-22-14-15(19)20-9-21-16(14)23/h9-13H,7-8H2,1-6H3,(H2,19,20,21)/t11-,12-,13-/m1/s1. The molecular formula is C18H29N5O3S2Si. The van der Waals surface area contributed by atoms with Crippen molar-refractivity contribution in [2.45, 2.75) is 63.8 Å². The molecule has 29 heavy (non-hydrogen) atoms. The van der Waals surface area contributed by atoms with Crippen molar-refractivity contribution in [2.24, 2.45) is 0 Å². The van der Waals surface area contributed by atoms with Crippen LogP contribution in [0, 0.1) is 0 Å². The van der Waals surface area contributed by atoms with Crippen molar-refractivity contribution in [3.63, 3.8) is 0 Å². The van der Waals surface area contributed by atoms with Crippen LogP contribution in [0.5, 0.6) is 0 Å². The van der Waals surface area contributed by atoms with Gasteiger partial charge in [-0.1, -0.05) is 32.5 Å². The predicted octanol–water partition coefficient (Wildman–Crippen LogP) is 3.75. The van der Waals surface area contributed by atoms with Gasteiger partial charge in [-0.05, 0) is 36.6 Å². The number of rotatable bonds is 5. The van der Waals surface area contributed by atoms with Crippen LogP contribution in [0.15, 0.2) is 12.7 Å². The number of hydrogen-bond acceptors (Lipinski definition) is 9. The van der Waals surface area contributed by atoms with E-state index in [4.69, 9.17) is 31.9 Å². The smallest absolute Gasteiger partial charge is 0.220 e. The van der Waals surface area contributed by atoms with E-state index in [0.29, 0.717) is 34.4 Å². The monoisotopic (exact) mass is 455 g/mol. The summed E-state index contributed by atoms with van der Waals surface area (Å²) < 4.78 is 21.1. The average molecular weight is 456 g/mol. The Hall–Kier alpha value is -1.27. The zero-order valence-corrected chi connectivity index (χ0v) is 20.3. The summed E-state index contributed by atoms with van der Waals surface area (Å²) in [5.74, 6) is 0.348. The fourth-order valence-electron chi connectivity index (χ4n) is 2.90. The Morgan fingerprint density at radius 2 is 2.10 bits per heavy atom. The molecule has 3 atom stereocenters. The lowest BCUT2D eigenvalue weighted by Gasteiger charge is -2.37. The lowest BCUT2D eigenvalue weighted by atomic mass is 10.2. The van der Waals surface area contributed by atoms with E-state index in [1.165, 1.54) is 18.1 Å². The van der Waals surface area contributed by atoms with E-state index in [2.05, 4.69) is 48.8 Å². The van der Waals surface area contributed by atoms with Crippen molar-refractivity contribution in [3.8, 4) is 0 Å². The zero-order chi connectivity index (χ0) is 21.4. The molecular weight excluding hydrogens is 426 g/mol. The maximum atomic E-state index is 6.41. The van der Waals surface area contributed by atoms with E-state index in [0.717, 1.165) is 0 Å². The second-order valence-electron chi connectivity index (χ2n) is 8.63. The molecule has 1 aliphatic heterocycles. The van der Waals surface area contributed by atoms with E-state index in [-0.39, 0.29) is 23.5 Å². The number of nitrogens with zero attached hydrogens (tertiary/aromatic N) is 4. The Morgan fingerprint density at radius 3 is 2.76 bits per heavy atom. The molecule has 0 aliphatic carbocycles. The first-order valence-corrected chi connectivity index (χ1v) is 14.0. The predicted molar refractivity (Wildman–Crippen MR) is 122 cm³/mol. The molecule has 1 saturated heterocycles. The molecule has 3 heterocycles. The van der Waals surface area contributed by atoms with Crippen LogP contribution >= 0.6 is 24.0 Å². The lowest BCUT2D eigenvalue weighted by molar-refractivity contribution is -0.0373. The fourth-order valence-corrected chi connectivity index (χ4v) is 4.26. The van der Waals surface area contributed by atoms with Crippen LogP contribution < -0.4 is 5.73 Å². The summed E-state index contributed by atoms with van der Waals surface area (Å²) in [5.41, 5.74) is 7.12. The molecule has 0 spiro atoms. The number of thiocarbonyl (C=S) groups is 1. The second-order valence-corrected chi connectivity index (χ2v) is 14.8. The van der Waals surface area contributed by atoms with Gasteiger partial charge in [-0.15, -0.1) is 0 Å². The molecule has 0 amide bonds. The molecule has 0 saturated carbocycles. The minimum Gasteiger partial charge on any atom is -0.472 e. The Balaban J connectivity index is 1.81. The average Bonchev–Trinajstić information content (AvgIpc) is 3.23. The highest BCUT2D eigenvalue weighted by molar-refractivity contribution is 8.22. The summed E-state index contributed by atoms with van der Waals surface area (Å²) in [5, 5.41) is 0.116.